The van der Waals surface area contributed by atoms with Gasteiger partial charge in [0.2, 0.25) is 5.91 Å². The molecular weight excluding hydrogens is 278 g/mol. The maximum absolute atomic E-state index is 11.9. The molecule has 0 spiro atoms. The number of hydrogen-bond acceptors (Lipinski definition) is 3. The van der Waals surface area contributed by atoms with Crippen molar-refractivity contribution in [3.63, 3.8) is 0 Å². The molecule has 1 aliphatic rings. The molecule has 0 radical (unpaired) electrons. The second kappa shape index (κ2) is 8.32. The van der Waals surface area contributed by atoms with Crippen LogP contribution in [0.15, 0.2) is 29.4 Å². The van der Waals surface area contributed by atoms with E-state index in [4.69, 9.17) is 0 Å². The molecule has 1 aromatic rings. The Balaban J connectivity index is 1.71. The number of aryl methyl sites for hydroxylation is 1. The largest absolute Gasteiger partial charge is 0.347 e. The summed E-state index contributed by atoms with van der Waals surface area (Å²) in [6.45, 7) is 1.95. The summed E-state index contributed by atoms with van der Waals surface area (Å²) in [5.41, 5.74) is 4.47. The van der Waals surface area contributed by atoms with Gasteiger partial charge in [-0.2, -0.15) is 5.10 Å². The van der Waals surface area contributed by atoms with Gasteiger partial charge in [-0.15, -0.1) is 0 Å². The van der Waals surface area contributed by atoms with Gasteiger partial charge in [0.05, 0.1) is 12.8 Å². The summed E-state index contributed by atoms with van der Waals surface area (Å²) in [6.07, 6.45) is 6.88. The van der Waals surface area contributed by atoms with Crippen LogP contribution in [0.4, 0.5) is 0 Å². The highest BCUT2D eigenvalue weighted by molar-refractivity contribution is 5.87. The Morgan fingerprint density at radius 2 is 1.95 bits per heavy atom. The topological polar surface area (TPSA) is 70.6 Å². The quantitative estimate of drug-likeness (QED) is 0.646. The molecule has 0 heterocycles. The SMILES string of the molecule is Cc1ccccc1/C=N/NC(=O)CNC(=O)C1CCCCC1. The van der Waals surface area contributed by atoms with E-state index in [9.17, 15) is 9.59 Å². The van der Waals surface area contributed by atoms with E-state index >= 15 is 0 Å². The predicted molar refractivity (Wildman–Crippen MR) is 86.5 cm³/mol. The maximum atomic E-state index is 11.9. The molecule has 1 aromatic carbocycles. The van der Waals surface area contributed by atoms with E-state index in [0.29, 0.717) is 0 Å². The van der Waals surface area contributed by atoms with Crippen LogP contribution in [0.2, 0.25) is 0 Å². The van der Waals surface area contributed by atoms with Gasteiger partial charge in [0, 0.05) is 5.92 Å². The molecular formula is C17H23N3O2. The summed E-state index contributed by atoms with van der Waals surface area (Å²) in [7, 11) is 0. The number of rotatable bonds is 5. The van der Waals surface area contributed by atoms with Crippen molar-refractivity contribution in [1.82, 2.24) is 10.7 Å². The fourth-order valence-corrected chi connectivity index (χ4v) is 2.62. The summed E-state index contributed by atoms with van der Waals surface area (Å²) < 4.78 is 0. The van der Waals surface area contributed by atoms with E-state index in [1.54, 1.807) is 6.21 Å². The zero-order chi connectivity index (χ0) is 15.8. The van der Waals surface area contributed by atoms with Crippen molar-refractivity contribution in [2.45, 2.75) is 39.0 Å². The molecule has 1 saturated carbocycles. The number of carbonyl (C=O) groups excluding carboxylic acids is 2. The van der Waals surface area contributed by atoms with Gasteiger partial charge < -0.3 is 5.32 Å². The van der Waals surface area contributed by atoms with Crippen LogP contribution in [0, 0.1) is 12.8 Å². The van der Waals surface area contributed by atoms with Crippen molar-refractivity contribution in [1.29, 1.82) is 0 Å². The number of hydrazone groups is 1. The van der Waals surface area contributed by atoms with Crippen LogP contribution in [0.5, 0.6) is 0 Å². The molecule has 2 amide bonds. The lowest BCUT2D eigenvalue weighted by molar-refractivity contribution is -0.129. The predicted octanol–water partition coefficient (Wildman–Crippen LogP) is 2.14. The first-order chi connectivity index (χ1) is 10.7. The Labute approximate surface area is 131 Å². The van der Waals surface area contributed by atoms with Crippen molar-refractivity contribution in [3.05, 3.63) is 35.4 Å². The highest BCUT2D eigenvalue weighted by Crippen LogP contribution is 2.23. The smallest absolute Gasteiger partial charge is 0.259 e. The molecule has 1 aliphatic carbocycles. The van der Waals surface area contributed by atoms with Gasteiger partial charge in [-0.05, 0) is 30.9 Å². The van der Waals surface area contributed by atoms with E-state index in [-0.39, 0.29) is 24.3 Å². The fourth-order valence-electron chi connectivity index (χ4n) is 2.62. The molecule has 0 aromatic heterocycles. The standard InChI is InChI=1S/C17H23N3O2/c1-13-7-5-6-10-15(13)11-19-20-16(21)12-18-17(22)14-8-3-2-4-9-14/h5-7,10-11,14H,2-4,8-9,12H2,1H3,(H,18,22)(H,20,21)/b19-11+. The second-order valence-corrected chi connectivity index (χ2v) is 5.70. The van der Waals surface area contributed by atoms with E-state index in [2.05, 4.69) is 15.8 Å². The van der Waals surface area contributed by atoms with Crippen molar-refractivity contribution >= 4 is 18.0 Å². The minimum Gasteiger partial charge on any atom is -0.347 e. The molecule has 1 fully saturated rings. The minimum absolute atomic E-state index is 0.0160. The van der Waals surface area contributed by atoms with Gasteiger partial charge in [-0.1, -0.05) is 43.5 Å². The molecule has 5 nitrogen and oxygen atoms in total. The number of hydrogen-bond donors (Lipinski definition) is 2. The minimum atomic E-state index is -0.311. The van der Waals surface area contributed by atoms with E-state index in [1.165, 1.54) is 6.42 Å². The van der Waals surface area contributed by atoms with Gasteiger partial charge in [-0.25, -0.2) is 5.43 Å². The molecule has 0 saturated heterocycles. The zero-order valence-corrected chi connectivity index (χ0v) is 13.0. The van der Waals surface area contributed by atoms with Crippen LogP contribution < -0.4 is 10.7 Å². The Morgan fingerprint density at radius 3 is 2.68 bits per heavy atom. The highest BCUT2D eigenvalue weighted by Gasteiger charge is 2.21. The third kappa shape index (κ3) is 4.98. The average Bonchev–Trinajstić information content (AvgIpc) is 2.55. The molecule has 22 heavy (non-hydrogen) atoms. The average molecular weight is 301 g/mol. The van der Waals surface area contributed by atoms with Gasteiger partial charge in [-0.3, -0.25) is 9.59 Å². The monoisotopic (exact) mass is 301 g/mol. The normalized spacial score (nSPS) is 15.7. The second-order valence-electron chi connectivity index (χ2n) is 5.70. The zero-order valence-electron chi connectivity index (χ0n) is 13.0. The molecule has 2 rings (SSSR count). The molecule has 0 bridgehead atoms. The van der Waals surface area contributed by atoms with Crippen molar-refractivity contribution < 1.29 is 9.59 Å². The maximum Gasteiger partial charge on any atom is 0.259 e. The Kier molecular flexibility index (Phi) is 6.13. The fraction of sp³-hybridized carbons (Fsp3) is 0.471. The van der Waals surface area contributed by atoms with Crippen molar-refractivity contribution in [2.75, 3.05) is 6.54 Å². The first-order valence-corrected chi connectivity index (χ1v) is 7.82. The summed E-state index contributed by atoms with van der Waals surface area (Å²) in [5, 5.41) is 6.60. The lowest BCUT2D eigenvalue weighted by Gasteiger charge is -2.20. The van der Waals surface area contributed by atoms with Gasteiger partial charge in [0.25, 0.3) is 5.91 Å². The summed E-state index contributed by atoms with van der Waals surface area (Å²) in [4.78, 5) is 23.6. The van der Waals surface area contributed by atoms with Crippen LogP contribution in [0.25, 0.3) is 0 Å². The number of benzene rings is 1. The number of amides is 2. The van der Waals surface area contributed by atoms with E-state index in [0.717, 1.165) is 36.8 Å². The van der Waals surface area contributed by atoms with Crippen molar-refractivity contribution in [3.8, 4) is 0 Å². The van der Waals surface area contributed by atoms with Gasteiger partial charge in [0.15, 0.2) is 0 Å². The van der Waals surface area contributed by atoms with Crippen LogP contribution >= 0.6 is 0 Å². The highest BCUT2D eigenvalue weighted by atomic mass is 16.2. The van der Waals surface area contributed by atoms with E-state index in [1.807, 2.05) is 31.2 Å². The van der Waals surface area contributed by atoms with Crippen LogP contribution in [-0.4, -0.2) is 24.6 Å². The van der Waals surface area contributed by atoms with Crippen LogP contribution in [-0.2, 0) is 9.59 Å². The summed E-state index contributed by atoms with van der Waals surface area (Å²) in [5.74, 6) is -0.260. The number of nitrogens with one attached hydrogen (secondary N) is 2. The van der Waals surface area contributed by atoms with E-state index < -0.39 is 0 Å². The number of nitrogens with zero attached hydrogens (tertiary/aromatic N) is 1. The molecule has 0 aliphatic heterocycles. The van der Waals surface area contributed by atoms with Crippen LogP contribution in [0.1, 0.15) is 43.2 Å². The Bertz CT molecular complexity index is 549. The molecule has 2 N–H and O–H groups in total. The molecule has 0 atom stereocenters. The first kappa shape index (κ1) is 16.2. The summed E-state index contributed by atoms with van der Waals surface area (Å²) in [6, 6.07) is 7.77. The lowest BCUT2D eigenvalue weighted by atomic mass is 9.89. The molecule has 0 unspecified atom stereocenters. The Hall–Kier alpha value is -2.17. The third-order valence-electron chi connectivity index (χ3n) is 3.98. The van der Waals surface area contributed by atoms with Crippen molar-refractivity contribution in [2.24, 2.45) is 11.0 Å². The Morgan fingerprint density at radius 1 is 1.23 bits per heavy atom. The van der Waals surface area contributed by atoms with Gasteiger partial charge in [0.1, 0.15) is 0 Å². The first-order valence-electron chi connectivity index (χ1n) is 7.82. The third-order valence-corrected chi connectivity index (χ3v) is 3.98. The lowest BCUT2D eigenvalue weighted by Crippen LogP contribution is -2.38. The molecule has 5 heteroatoms. The molecule has 118 valence electrons. The van der Waals surface area contributed by atoms with Gasteiger partial charge >= 0.3 is 0 Å². The van der Waals surface area contributed by atoms with Crippen LogP contribution in [0.3, 0.4) is 0 Å². The summed E-state index contributed by atoms with van der Waals surface area (Å²) >= 11 is 0. The number of carbonyl (C=O) groups is 2.